The van der Waals surface area contributed by atoms with Gasteiger partial charge in [0.15, 0.2) is 28.8 Å². The van der Waals surface area contributed by atoms with Crippen molar-refractivity contribution in [3.63, 3.8) is 0 Å². The SMILES string of the molecule is C1=CC2=CC=C(P(c3ccc4c(c3)OCO4)C3C=CC4OCOC4C3)[C@H](c3c(P(C4=CC5=C(CC4)OCO5)c4ccc5c(c4)OCO5)ccc4ccccc34)C2C=C1. The van der Waals surface area contributed by atoms with E-state index in [0.717, 1.165) is 53.8 Å². The summed E-state index contributed by atoms with van der Waals surface area (Å²) >= 11 is 0. The van der Waals surface area contributed by atoms with Crippen LogP contribution in [0, 0.1) is 5.92 Å². The van der Waals surface area contributed by atoms with Crippen molar-refractivity contribution in [3.8, 4) is 23.0 Å². The number of allylic oxidation sites excluding steroid dienone is 12. The fourth-order valence-electron chi connectivity index (χ4n) is 9.74. The van der Waals surface area contributed by atoms with Crippen LogP contribution in [0.5, 0.6) is 23.0 Å². The molecule has 0 bridgehead atoms. The highest BCUT2D eigenvalue weighted by molar-refractivity contribution is 7.77. The van der Waals surface area contributed by atoms with Gasteiger partial charge in [0, 0.05) is 23.9 Å². The molecule has 0 aromatic heterocycles. The van der Waals surface area contributed by atoms with Crippen molar-refractivity contribution in [2.45, 2.75) is 43.0 Å². The first-order valence-electron chi connectivity index (χ1n) is 20.0. The number of hydrogen-bond donors (Lipinski definition) is 0. The lowest BCUT2D eigenvalue weighted by Crippen LogP contribution is -2.33. The third-order valence-corrected chi connectivity index (χ3v) is 17.9. The molecule has 1 saturated heterocycles. The first-order chi connectivity index (χ1) is 28.7. The second-order valence-corrected chi connectivity index (χ2v) is 20.2. The molecule has 4 aromatic rings. The molecule has 0 N–H and O–H groups in total. The Kier molecular flexibility index (Phi) is 8.62. The summed E-state index contributed by atoms with van der Waals surface area (Å²) in [6.45, 7) is 1.06. The van der Waals surface area contributed by atoms with Crippen LogP contribution >= 0.6 is 15.8 Å². The van der Waals surface area contributed by atoms with Gasteiger partial charge in [0.2, 0.25) is 20.4 Å². The van der Waals surface area contributed by atoms with Gasteiger partial charge in [-0.25, -0.2) is 0 Å². The number of hydrogen-bond acceptors (Lipinski definition) is 8. The zero-order valence-electron chi connectivity index (χ0n) is 31.6. The molecule has 0 saturated carbocycles. The molecule has 4 aromatic carbocycles. The van der Waals surface area contributed by atoms with Gasteiger partial charge in [-0.2, -0.15) is 0 Å². The number of rotatable bonds is 7. The van der Waals surface area contributed by atoms with Gasteiger partial charge in [-0.15, -0.1) is 0 Å². The molecule has 4 aliphatic carbocycles. The second-order valence-electron chi connectivity index (χ2n) is 15.5. The highest BCUT2D eigenvalue weighted by Crippen LogP contribution is 2.63. The monoisotopic (exact) mass is 806 g/mol. The summed E-state index contributed by atoms with van der Waals surface area (Å²) in [6, 6.07) is 26.8. The van der Waals surface area contributed by atoms with E-state index in [-0.39, 0.29) is 50.1 Å². The van der Waals surface area contributed by atoms with E-state index < -0.39 is 15.8 Å². The van der Waals surface area contributed by atoms with E-state index in [1.165, 1.54) is 48.5 Å². The Morgan fingerprint density at radius 2 is 1.45 bits per heavy atom. The molecule has 58 heavy (non-hydrogen) atoms. The maximum Gasteiger partial charge on any atom is 0.231 e. The highest BCUT2D eigenvalue weighted by Gasteiger charge is 2.43. The van der Waals surface area contributed by atoms with Crippen molar-refractivity contribution >= 4 is 42.5 Å². The molecule has 290 valence electrons. The molecule has 0 radical (unpaired) electrons. The number of benzene rings is 4. The third-order valence-electron chi connectivity index (χ3n) is 12.4. The highest BCUT2D eigenvalue weighted by atomic mass is 31.1. The van der Waals surface area contributed by atoms with Crippen LogP contribution in [0.4, 0.5) is 0 Å². The van der Waals surface area contributed by atoms with Gasteiger partial charge in [0.1, 0.15) is 18.7 Å². The molecule has 8 nitrogen and oxygen atoms in total. The summed E-state index contributed by atoms with van der Waals surface area (Å²) in [7, 11) is -2.05. The van der Waals surface area contributed by atoms with Crippen molar-refractivity contribution in [1.82, 2.24) is 0 Å². The standard InChI is InChI=1S/C48H40O8P2/c1-3-7-35-29(5-1)9-19-45(57(31-11-15-37-41(21-31)53-25-49-37)32-12-16-38-42(22-32)54-26-50-38)47(35)48-36-8-4-2-6-30(36)10-20-46(48)58(33-13-17-39-43(23-33)55-27-51-39)34-14-18-40-44(24-34)56-28-52-40/h1-13,15-17,19-21,23-24,32,35,38,42,47H,14,18,22,25-28H2/t32?,35?,38?,42?,47-,57?,58?/m1/s1. The Bertz CT molecular complexity index is 2580. The summed E-state index contributed by atoms with van der Waals surface area (Å²) in [5, 5.41) is 9.12. The average molecular weight is 807 g/mol. The van der Waals surface area contributed by atoms with E-state index in [1.54, 1.807) is 0 Å². The molecule has 4 aliphatic heterocycles. The zero-order chi connectivity index (χ0) is 38.2. The molecule has 0 spiro atoms. The van der Waals surface area contributed by atoms with Crippen LogP contribution in [0.25, 0.3) is 10.8 Å². The minimum atomic E-state index is -1.07. The molecule has 8 aliphatic rings. The molecular formula is C48H40O8P2. The van der Waals surface area contributed by atoms with E-state index in [0.29, 0.717) is 6.79 Å². The number of ether oxygens (including phenoxy) is 8. The van der Waals surface area contributed by atoms with Crippen molar-refractivity contribution in [1.29, 1.82) is 0 Å². The van der Waals surface area contributed by atoms with Crippen molar-refractivity contribution in [2.24, 2.45) is 5.92 Å². The normalized spacial score (nSPS) is 26.9. The lowest BCUT2D eigenvalue weighted by molar-refractivity contribution is 0.0426. The van der Waals surface area contributed by atoms with Gasteiger partial charge in [0.25, 0.3) is 0 Å². The van der Waals surface area contributed by atoms with Crippen molar-refractivity contribution in [2.75, 3.05) is 27.2 Å². The average Bonchev–Trinajstić information content (AvgIpc) is 4.11. The molecule has 12 rings (SSSR count). The Morgan fingerprint density at radius 3 is 2.34 bits per heavy atom. The first-order valence-corrected chi connectivity index (χ1v) is 22.8. The molecule has 10 heteroatoms. The lowest BCUT2D eigenvalue weighted by Gasteiger charge is -2.42. The van der Waals surface area contributed by atoms with Gasteiger partial charge < -0.3 is 37.9 Å². The Hall–Kier alpha value is -5.10. The van der Waals surface area contributed by atoms with Gasteiger partial charge in [0.05, 0.1) is 6.10 Å². The fraction of sp³-hybridized carbons (Fsp3) is 0.250. The van der Waals surface area contributed by atoms with E-state index in [2.05, 4.69) is 127 Å². The molecule has 1 fully saturated rings. The van der Waals surface area contributed by atoms with E-state index in [1.807, 2.05) is 0 Å². The van der Waals surface area contributed by atoms with Crippen LogP contribution in [0.15, 0.2) is 155 Å². The minimum Gasteiger partial charge on any atom is -0.458 e. The van der Waals surface area contributed by atoms with E-state index in [9.17, 15) is 0 Å². The minimum absolute atomic E-state index is 0.0116. The quantitative estimate of drug-likeness (QED) is 0.135. The smallest absolute Gasteiger partial charge is 0.231 e. The van der Waals surface area contributed by atoms with Gasteiger partial charge in [-0.3, -0.25) is 0 Å². The van der Waals surface area contributed by atoms with Crippen LogP contribution < -0.4 is 34.9 Å². The number of fused-ring (bicyclic) bond motifs is 5. The first kappa shape index (κ1) is 34.9. The maximum atomic E-state index is 6.21. The molecular weight excluding hydrogens is 766 g/mol. The zero-order valence-corrected chi connectivity index (χ0v) is 33.4. The summed E-state index contributed by atoms with van der Waals surface area (Å²) in [6.07, 6.45) is 23.4. The summed E-state index contributed by atoms with van der Waals surface area (Å²) in [4.78, 5) is 0. The predicted octanol–water partition coefficient (Wildman–Crippen LogP) is 9.15. The van der Waals surface area contributed by atoms with Crippen molar-refractivity contribution in [3.05, 3.63) is 161 Å². The predicted molar refractivity (Wildman–Crippen MR) is 226 cm³/mol. The summed E-state index contributed by atoms with van der Waals surface area (Å²) in [5.74, 6) is 5.12. The summed E-state index contributed by atoms with van der Waals surface area (Å²) < 4.78 is 47.9. The summed E-state index contributed by atoms with van der Waals surface area (Å²) in [5.41, 5.74) is 2.90. The van der Waals surface area contributed by atoms with Crippen LogP contribution in [0.1, 0.15) is 30.7 Å². The lowest BCUT2D eigenvalue weighted by atomic mass is 9.75. The largest absolute Gasteiger partial charge is 0.458 e. The van der Waals surface area contributed by atoms with Crippen molar-refractivity contribution < 1.29 is 37.9 Å². The Morgan fingerprint density at radius 1 is 0.638 bits per heavy atom. The van der Waals surface area contributed by atoms with Crippen LogP contribution in [-0.2, 0) is 18.9 Å². The second kappa shape index (κ2) is 14.3. The molecule has 4 heterocycles. The van der Waals surface area contributed by atoms with Gasteiger partial charge in [-0.05, 0) is 114 Å². The third kappa shape index (κ3) is 5.87. The Labute approximate surface area is 339 Å². The van der Waals surface area contributed by atoms with Gasteiger partial charge >= 0.3 is 0 Å². The Balaban J connectivity index is 1.10. The van der Waals surface area contributed by atoms with Crippen LogP contribution in [-0.4, -0.2) is 45.0 Å². The van der Waals surface area contributed by atoms with E-state index in [4.69, 9.17) is 37.9 Å². The fourth-order valence-corrected chi connectivity index (χ4v) is 15.5. The molecule has 0 amide bonds. The topological polar surface area (TPSA) is 73.8 Å². The maximum absolute atomic E-state index is 6.21. The van der Waals surface area contributed by atoms with E-state index >= 15 is 0 Å². The molecule has 6 unspecified atom stereocenters. The molecule has 7 atom stereocenters. The van der Waals surface area contributed by atoms with Gasteiger partial charge in [-0.1, -0.05) is 91.1 Å². The van der Waals surface area contributed by atoms with Crippen LogP contribution in [0.2, 0.25) is 0 Å². The van der Waals surface area contributed by atoms with Crippen LogP contribution in [0.3, 0.4) is 0 Å².